The number of aromatic nitrogens is 1. The van der Waals surface area contributed by atoms with E-state index in [2.05, 4.69) is 6.07 Å². The van der Waals surface area contributed by atoms with Gasteiger partial charge in [-0.2, -0.15) is 5.26 Å². The molecule has 1 unspecified atom stereocenters. The molecule has 0 radical (unpaired) electrons. The lowest BCUT2D eigenvalue weighted by molar-refractivity contribution is 0.848. The van der Waals surface area contributed by atoms with Crippen molar-refractivity contribution < 1.29 is 0 Å². The summed E-state index contributed by atoms with van der Waals surface area (Å²) in [6.07, 6.45) is 0. The lowest BCUT2D eigenvalue weighted by Gasteiger charge is -2.11. The molecule has 0 N–H and O–H groups in total. The zero-order chi connectivity index (χ0) is 12.6. The molecule has 0 saturated heterocycles. The first-order valence-corrected chi connectivity index (χ1v) is 5.55. The van der Waals surface area contributed by atoms with Gasteiger partial charge in [0.1, 0.15) is 0 Å². The molecule has 3 nitrogen and oxygen atoms in total. The monoisotopic (exact) mass is 226 g/mol. The Balaban J connectivity index is 2.91. The summed E-state index contributed by atoms with van der Waals surface area (Å²) in [5, 5.41) is 9.94. The van der Waals surface area contributed by atoms with Crippen molar-refractivity contribution in [2.75, 3.05) is 0 Å². The third kappa shape index (κ3) is 1.72. The molecule has 0 bridgehead atoms. The third-order valence-electron chi connectivity index (χ3n) is 3.13. The van der Waals surface area contributed by atoms with Crippen molar-refractivity contribution in [1.29, 1.82) is 5.26 Å². The molecular formula is C14H14N2O. The van der Waals surface area contributed by atoms with Gasteiger partial charge < -0.3 is 4.57 Å². The summed E-state index contributed by atoms with van der Waals surface area (Å²) >= 11 is 0. The summed E-state index contributed by atoms with van der Waals surface area (Å²) in [6.45, 7) is 3.73. The lowest BCUT2D eigenvalue weighted by atomic mass is 10.0. The Labute approximate surface area is 99.9 Å². The number of benzene rings is 1. The molecular weight excluding hydrogens is 212 g/mol. The first-order valence-electron chi connectivity index (χ1n) is 5.55. The maximum Gasteiger partial charge on any atom is 0.255 e. The van der Waals surface area contributed by atoms with Crippen LogP contribution < -0.4 is 5.56 Å². The van der Waals surface area contributed by atoms with Crippen molar-refractivity contribution in [1.82, 2.24) is 4.57 Å². The minimum absolute atomic E-state index is 0.0825. The maximum atomic E-state index is 12.1. The van der Waals surface area contributed by atoms with Crippen LogP contribution in [0.5, 0.6) is 0 Å². The molecule has 1 heterocycles. The zero-order valence-electron chi connectivity index (χ0n) is 10.2. The van der Waals surface area contributed by atoms with E-state index in [4.69, 9.17) is 5.26 Å². The highest BCUT2D eigenvalue weighted by Gasteiger charge is 2.13. The average molecular weight is 226 g/mol. The van der Waals surface area contributed by atoms with Crippen molar-refractivity contribution in [3.8, 4) is 6.07 Å². The fourth-order valence-electron chi connectivity index (χ4n) is 2.16. The summed E-state index contributed by atoms with van der Waals surface area (Å²) < 4.78 is 1.63. The van der Waals surface area contributed by atoms with E-state index in [1.54, 1.807) is 18.5 Å². The predicted molar refractivity (Wildman–Crippen MR) is 68.0 cm³/mol. The van der Waals surface area contributed by atoms with E-state index < -0.39 is 0 Å². The Morgan fingerprint density at radius 1 is 1.41 bits per heavy atom. The molecule has 2 aromatic rings. The Bertz CT molecular complexity index is 677. The highest BCUT2D eigenvalue weighted by molar-refractivity contribution is 5.82. The molecule has 0 spiro atoms. The van der Waals surface area contributed by atoms with E-state index in [9.17, 15) is 4.79 Å². The molecule has 0 saturated carbocycles. The smallest absolute Gasteiger partial charge is 0.255 e. The van der Waals surface area contributed by atoms with Crippen molar-refractivity contribution in [3.05, 3.63) is 45.7 Å². The van der Waals surface area contributed by atoms with Gasteiger partial charge in [0.2, 0.25) is 0 Å². The topological polar surface area (TPSA) is 45.8 Å². The van der Waals surface area contributed by atoms with Gasteiger partial charge in [0.25, 0.3) is 5.56 Å². The standard InChI is InChI=1S/C14H14N2O/c1-9-5-4-6-11-7-12(10(2)8-15)14(17)16(3)13(9)11/h4-7,10H,1-3H3. The van der Waals surface area contributed by atoms with Crippen molar-refractivity contribution in [2.45, 2.75) is 19.8 Å². The molecule has 0 aliphatic heterocycles. The van der Waals surface area contributed by atoms with E-state index in [0.29, 0.717) is 5.56 Å². The Kier molecular flexibility index (Phi) is 2.72. The fourth-order valence-corrected chi connectivity index (χ4v) is 2.16. The predicted octanol–water partition coefficient (Wildman–Crippen LogP) is 2.47. The first kappa shape index (κ1) is 11.4. The number of hydrogen-bond acceptors (Lipinski definition) is 2. The number of para-hydroxylation sites is 1. The van der Waals surface area contributed by atoms with E-state index >= 15 is 0 Å². The molecule has 86 valence electrons. The second kappa shape index (κ2) is 4.06. The van der Waals surface area contributed by atoms with E-state index in [1.165, 1.54) is 0 Å². The molecule has 0 amide bonds. The number of nitrogens with zero attached hydrogens (tertiary/aromatic N) is 2. The molecule has 1 aromatic carbocycles. The molecule has 1 atom stereocenters. The number of fused-ring (bicyclic) bond motifs is 1. The number of hydrogen-bond donors (Lipinski definition) is 0. The van der Waals surface area contributed by atoms with Crippen molar-refractivity contribution >= 4 is 10.9 Å². The van der Waals surface area contributed by atoms with Gasteiger partial charge in [-0.1, -0.05) is 18.2 Å². The van der Waals surface area contributed by atoms with E-state index in [0.717, 1.165) is 16.5 Å². The second-order valence-electron chi connectivity index (χ2n) is 4.33. The highest BCUT2D eigenvalue weighted by atomic mass is 16.1. The third-order valence-corrected chi connectivity index (χ3v) is 3.13. The van der Waals surface area contributed by atoms with E-state index in [1.807, 2.05) is 31.2 Å². The summed E-state index contributed by atoms with van der Waals surface area (Å²) in [6, 6.07) is 9.86. The minimum Gasteiger partial charge on any atom is -0.311 e. The quantitative estimate of drug-likeness (QED) is 0.749. The Morgan fingerprint density at radius 3 is 2.76 bits per heavy atom. The van der Waals surface area contributed by atoms with Crippen molar-refractivity contribution in [2.24, 2.45) is 7.05 Å². The largest absolute Gasteiger partial charge is 0.311 e. The van der Waals surface area contributed by atoms with Gasteiger partial charge in [0.05, 0.1) is 17.5 Å². The molecule has 1 aromatic heterocycles. The molecule has 2 rings (SSSR count). The first-order chi connectivity index (χ1) is 8.06. The fraction of sp³-hybridized carbons (Fsp3) is 0.286. The molecule has 3 heteroatoms. The van der Waals surface area contributed by atoms with Gasteiger partial charge >= 0.3 is 0 Å². The molecule has 0 aliphatic carbocycles. The summed E-state index contributed by atoms with van der Waals surface area (Å²) in [5.74, 6) is -0.376. The van der Waals surface area contributed by atoms with Gasteiger partial charge in [0, 0.05) is 12.6 Å². The van der Waals surface area contributed by atoms with Crippen LogP contribution in [-0.2, 0) is 7.05 Å². The van der Waals surface area contributed by atoms with Crippen LogP contribution in [0.1, 0.15) is 24.0 Å². The molecule has 0 aliphatic rings. The van der Waals surface area contributed by atoms with Gasteiger partial charge in [0.15, 0.2) is 0 Å². The van der Waals surface area contributed by atoms with Crippen LogP contribution in [0, 0.1) is 18.3 Å². The molecule has 0 fully saturated rings. The van der Waals surface area contributed by atoms with Crippen LogP contribution in [-0.4, -0.2) is 4.57 Å². The number of nitriles is 1. The van der Waals surface area contributed by atoms with Crippen LogP contribution in [0.25, 0.3) is 10.9 Å². The molecule has 17 heavy (non-hydrogen) atoms. The van der Waals surface area contributed by atoms with Crippen LogP contribution in [0.15, 0.2) is 29.1 Å². The summed E-state index contributed by atoms with van der Waals surface area (Å²) in [7, 11) is 1.76. The van der Waals surface area contributed by atoms with E-state index in [-0.39, 0.29) is 11.5 Å². The van der Waals surface area contributed by atoms with Gasteiger partial charge in [-0.25, -0.2) is 0 Å². The number of pyridine rings is 1. The zero-order valence-corrected chi connectivity index (χ0v) is 10.2. The van der Waals surface area contributed by atoms with Crippen LogP contribution >= 0.6 is 0 Å². The highest BCUT2D eigenvalue weighted by Crippen LogP contribution is 2.20. The normalized spacial score (nSPS) is 12.4. The van der Waals surface area contributed by atoms with Crippen LogP contribution in [0.2, 0.25) is 0 Å². The van der Waals surface area contributed by atoms with Crippen molar-refractivity contribution in [3.63, 3.8) is 0 Å². The maximum absolute atomic E-state index is 12.1. The summed E-state index contributed by atoms with van der Waals surface area (Å²) in [5.41, 5.74) is 2.48. The Hall–Kier alpha value is -2.08. The Morgan fingerprint density at radius 2 is 2.12 bits per heavy atom. The summed E-state index contributed by atoms with van der Waals surface area (Å²) in [4.78, 5) is 12.1. The van der Waals surface area contributed by atoms with Gasteiger partial charge in [-0.05, 0) is 30.9 Å². The lowest BCUT2D eigenvalue weighted by Crippen LogP contribution is -2.22. The average Bonchev–Trinajstić information content (AvgIpc) is 2.32. The van der Waals surface area contributed by atoms with Crippen LogP contribution in [0.3, 0.4) is 0 Å². The number of aryl methyl sites for hydroxylation is 2. The van der Waals surface area contributed by atoms with Crippen LogP contribution in [0.4, 0.5) is 0 Å². The van der Waals surface area contributed by atoms with Gasteiger partial charge in [-0.3, -0.25) is 4.79 Å². The SMILES string of the molecule is Cc1cccc2cc(C(C)C#N)c(=O)n(C)c12. The minimum atomic E-state index is -0.376. The van der Waals surface area contributed by atoms with Gasteiger partial charge in [-0.15, -0.1) is 0 Å². The number of rotatable bonds is 1. The second-order valence-corrected chi connectivity index (χ2v) is 4.33.